The largest absolute Gasteiger partial charge is 0.497 e. The fourth-order valence-corrected chi connectivity index (χ4v) is 3.05. The third-order valence-electron chi connectivity index (χ3n) is 4.60. The van der Waals surface area contributed by atoms with E-state index in [0.717, 1.165) is 5.56 Å². The molecule has 1 aromatic heterocycles. The summed E-state index contributed by atoms with van der Waals surface area (Å²) in [6.45, 7) is 2.14. The number of hydrogen-bond donors (Lipinski definition) is 1. The number of carbonyl (C=O) groups is 1. The van der Waals surface area contributed by atoms with Crippen molar-refractivity contribution in [2.45, 2.75) is 25.9 Å². The van der Waals surface area contributed by atoms with Gasteiger partial charge in [0.05, 0.1) is 37.5 Å². The number of amides is 1. The van der Waals surface area contributed by atoms with Gasteiger partial charge >= 0.3 is 0 Å². The highest BCUT2D eigenvalue weighted by atomic mass is 16.5. The Morgan fingerprint density at radius 3 is 2.71 bits per heavy atom. The maximum Gasteiger partial charge on any atom is 0.261 e. The van der Waals surface area contributed by atoms with Gasteiger partial charge < -0.3 is 14.8 Å². The molecule has 7 nitrogen and oxygen atoms in total. The minimum atomic E-state index is -0.250. The standard InChI is InChI=1S/C21H23N3O4/c1-14(16-9-8-15(27-2)12-19(16)28-3)23-20(25)10-11-24-13-22-18-7-5-4-6-17(18)21(24)26/h4-9,12-14H,10-11H2,1-3H3,(H,23,25). The Bertz CT molecular complexity index is 1050. The molecule has 0 aliphatic rings. The van der Waals surface area contributed by atoms with Gasteiger partial charge in [0.2, 0.25) is 5.91 Å². The van der Waals surface area contributed by atoms with E-state index in [9.17, 15) is 9.59 Å². The van der Waals surface area contributed by atoms with Crippen LogP contribution in [0.5, 0.6) is 11.5 Å². The molecule has 1 atom stereocenters. The van der Waals surface area contributed by atoms with Crippen LogP contribution < -0.4 is 20.3 Å². The molecule has 28 heavy (non-hydrogen) atoms. The van der Waals surface area contributed by atoms with Crippen molar-refractivity contribution in [3.05, 3.63) is 64.7 Å². The number of fused-ring (bicyclic) bond motifs is 1. The van der Waals surface area contributed by atoms with E-state index >= 15 is 0 Å². The molecule has 2 aromatic carbocycles. The smallest absolute Gasteiger partial charge is 0.261 e. The minimum Gasteiger partial charge on any atom is -0.497 e. The highest BCUT2D eigenvalue weighted by molar-refractivity contribution is 5.77. The molecule has 0 aliphatic carbocycles. The second kappa shape index (κ2) is 8.56. The second-order valence-corrected chi connectivity index (χ2v) is 6.41. The predicted octanol–water partition coefficient (Wildman–Crippen LogP) is 2.68. The van der Waals surface area contributed by atoms with E-state index in [2.05, 4.69) is 10.3 Å². The van der Waals surface area contributed by atoms with Crippen LogP contribution in [0.2, 0.25) is 0 Å². The molecule has 0 radical (unpaired) electrons. The van der Waals surface area contributed by atoms with Crippen molar-refractivity contribution in [2.75, 3.05) is 14.2 Å². The van der Waals surface area contributed by atoms with Gasteiger partial charge in [-0.3, -0.25) is 14.2 Å². The Morgan fingerprint density at radius 1 is 1.18 bits per heavy atom. The molecule has 0 aliphatic heterocycles. The molecule has 3 rings (SSSR count). The molecule has 1 unspecified atom stereocenters. The summed E-state index contributed by atoms with van der Waals surface area (Å²) >= 11 is 0. The molecule has 0 spiro atoms. The summed E-state index contributed by atoms with van der Waals surface area (Å²) in [7, 11) is 3.16. The monoisotopic (exact) mass is 381 g/mol. The van der Waals surface area contributed by atoms with Crippen LogP contribution in [-0.2, 0) is 11.3 Å². The quantitative estimate of drug-likeness (QED) is 0.680. The van der Waals surface area contributed by atoms with Crippen LogP contribution in [0.25, 0.3) is 10.9 Å². The Hall–Kier alpha value is -3.35. The first-order valence-corrected chi connectivity index (χ1v) is 8.99. The third-order valence-corrected chi connectivity index (χ3v) is 4.60. The zero-order chi connectivity index (χ0) is 20.1. The summed E-state index contributed by atoms with van der Waals surface area (Å²) in [5.74, 6) is 1.16. The lowest BCUT2D eigenvalue weighted by Crippen LogP contribution is -2.29. The van der Waals surface area contributed by atoms with Gasteiger partial charge in [-0.25, -0.2) is 4.98 Å². The molecule has 0 bridgehead atoms. The Morgan fingerprint density at radius 2 is 1.96 bits per heavy atom. The summed E-state index contributed by atoms with van der Waals surface area (Å²) < 4.78 is 12.0. The van der Waals surface area contributed by atoms with E-state index in [0.29, 0.717) is 22.4 Å². The molecule has 0 saturated carbocycles. The van der Waals surface area contributed by atoms with E-state index in [-0.39, 0.29) is 30.5 Å². The average Bonchev–Trinajstić information content (AvgIpc) is 2.72. The topological polar surface area (TPSA) is 82.5 Å². The van der Waals surface area contributed by atoms with Crippen LogP contribution in [0.3, 0.4) is 0 Å². The van der Waals surface area contributed by atoms with Crippen LogP contribution in [0.15, 0.2) is 53.6 Å². The Kier molecular flexibility index (Phi) is 5.93. The predicted molar refractivity (Wildman–Crippen MR) is 107 cm³/mol. The lowest BCUT2D eigenvalue weighted by atomic mass is 10.1. The zero-order valence-corrected chi connectivity index (χ0v) is 16.1. The number of methoxy groups -OCH3 is 2. The first-order valence-electron chi connectivity index (χ1n) is 8.99. The number of para-hydroxylation sites is 1. The summed E-state index contributed by atoms with van der Waals surface area (Å²) in [6.07, 6.45) is 1.65. The number of aryl methyl sites for hydroxylation is 1. The highest BCUT2D eigenvalue weighted by Crippen LogP contribution is 2.29. The number of nitrogens with one attached hydrogen (secondary N) is 1. The van der Waals surface area contributed by atoms with Crippen molar-refractivity contribution in [3.63, 3.8) is 0 Å². The summed E-state index contributed by atoms with van der Waals surface area (Å²) in [4.78, 5) is 29.1. The summed E-state index contributed by atoms with van der Waals surface area (Å²) in [5, 5.41) is 3.48. The van der Waals surface area contributed by atoms with Gasteiger partial charge in [-0.05, 0) is 31.2 Å². The number of hydrogen-bond acceptors (Lipinski definition) is 5. The molecule has 1 N–H and O–H groups in total. The van der Waals surface area contributed by atoms with Crippen molar-refractivity contribution in [3.8, 4) is 11.5 Å². The van der Waals surface area contributed by atoms with Crippen LogP contribution in [0.1, 0.15) is 24.9 Å². The van der Waals surface area contributed by atoms with Gasteiger partial charge in [-0.2, -0.15) is 0 Å². The first kappa shape index (κ1) is 19.4. The maximum atomic E-state index is 12.5. The molecule has 0 saturated heterocycles. The molecule has 0 fully saturated rings. The third kappa shape index (κ3) is 4.14. The molecule has 3 aromatic rings. The summed E-state index contributed by atoms with van der Waals surface area (Å²) in [6, 6.07) is 12.4. The molecule has 146 valence electrons. The lowest BCUT2D eigenvalue weighted by Gasteiger charge is -2.18. The first-order chi connectivity index (χ1) is 13.5. The van der Waals surface area contributed by atoms with Gasteiger partial charge in [0.15, 0.2) is 0 Å². The number of aromatic nitrogens is 2. The normalized spacial score (nSPS) is 11.8. The molecule has 1 amide bonds. The molecular weight excluding hydrogens is 358 g/mol. The van der Waals surface area contributed by atoms with Gasteiger partial charge in [0.1, 0.15) is 11.5 Å². The van der Waals surface area contributed by atoms with Gasteiger partial charge in [0.25, 0.3) is 5.56 Å². The fourth-order valence-electron chi connectivity index (χ4n) is 3.05. The maximum absolute atomic E-state index is 12.5. The van der Waals surface area contributed by atoms with Crippen LogP contribution in [0, 0.1) is 0 Å². The van der Waals surface area contributed by atoms with Gasteiger partial charge in [0, 0.05) is 24.6 Å². The Balaban J connectivity index is 1.66. The molecule has 1 heterocycles. The van der Waals surface area contributed by atoms with Crippen molar-refractivity contribution in [1.29, 1.82) is 0 Å². The van der Waals surface area contributed by atoms with Crippen molar-refractivity contribution in [2.24, 2.45) is 0 Å². The fraction of sp³-hybridized carbons (Fsp3) is 0.286. The van der Waals surface area contributed by atoms with Crippen LogP contribution in [-0.4, -0.2) is 29.7 Å². The van der Waals surface area contributed by atoms with Crippen molar-refractivity contribution >= 4 is 16.8 Å². The zero-order valence-electron chi connectivity index (χ0n) is 16.1. The minimum absolute atomic E-state index is 0.150. The van der Waals surface area contributed by atoms with Crippen molar-refractivity contribution < 1.29 is 14.3 Å². The average molecular weight is 381 g/mol. The van der Waals surface area contributed by atoms with E-state index in [4.69, 9.17) is 9.47 Å². The van der Waals surface area contributed by atoms with Gasteiger partial charge in [-0.1, -0.05) is 12.1 Å². The molecule has 7 heteroatoms. The second-order valence-electron chi connectivity index (χ2n) is 6.41. The van der Waals surface area contributed by atoms with Crippen LogP contribution >= 0.6 is 0 Å². The van der Waals surface area contributed by atoms with Gasteiger partial charge in [-0.15, -0.1) is 0 Å². The van der Waals surface area contributed by atoms with E-state index in [1.807, 2.05) is 25.1 Å². The number of nitrogens with zero attached hydrogens (tertiary/aromatic N) is 2. The van der Waals surface area contributed by atoms with E-state index < -0.39 is 0 Å². The number of carbonyl (C=O) groups excluding carboxylic acids is 1. The Labute approximate surface area is 162 Å². The number of benzene rings is 2. The van der Waals surface area contributed by atoms with Crippen molar-refractivity contribution in [1.82, 2.24) is 14.9 Å². The van der Waals surface area contributed by atoms with E-state index in [1.54, 1.807) is 38.5 Å². The summed E-state index contributed by atoms with van der Waals surface area (Å²) in [5.41, 5.74) is 1.35. The van der Waals surface area contributed by atoms with E-state index in [1.165, 1.54) is 10.9 Å². The SMILES string of the molecule is COc1ccc(C(C)NC(=O)CCn2cnc3ccccc3c2=O)c(OC)c1. The lowest BCUT2D eigenvalue weighted by molar-refractivity contribution is -0.122. The molecular formula is C21H23N3O4. The van der Waals surface area contributed by atoms with Crippen LogP contribution in [0.4, 0.5) is 0 Å². The number of ether oxygens (including phenoxy) is 2. The highest BCUT2D eigenvalue weighted by Gasteiger charge is 2.15. The number of rotatable bonds is 7.